The van der Waals surface area contributed by atoms with Gasteiger partial charge in [-0.25, -0.2) is 8.42 Å². The summed E-state index contributed by atoms with van der Waals surface area (Å²) in [6.45, 7) is 0. The summed E-state index contributed by atoms with van der Waals surface area (Å²) in [7, 11) is -3.81. The first kappa shape index (κ1) is 20.9. The third-order valence-electron chi connectivity index (χ3n) is 5.71. The third-order valence-corrected chi connectivity index (χ3v) is 7.57. The van der Waals surface area contributed by atoms with Crippen molar-refractivity contribution in [3.8, 4) is 0 Å². The molecule has 160 valence electrons. The van der Waals surface area contributed by atoms with E-state index >= 15 is 0 Å². The molecule has 4 aromatic rings. The second-order valence-electron chi connectivity index (χ2n) is 7.81. The lowest BCUT2D eigenvalue weighted by molar-refractivity contribution is 0.615. The molecular weight excluding hydrogens is 424 g/mol. The van der Waals surface area contributed by atoms with Gasteiger partial charge in [0.25, 0.3) is 0 Å². The molecule has 0 amide bonds. The molecule has 0 saturated heterocycles. The summed E-state index contributed by atoms with van der Waals surface area (Å²) in [5, 5.41) is 0. The minimum Gasteiger partial charge on any atom is -0.218 e. The third kappa shape index (κ3) is 4.11. The maximum Gasteiger partial charge on any atom is 0.207 e. The Bertz CT molecular complexity index is 1360. The summed E-state index contributed by atoms with van der Waals surface area (Å²) >= 11 is 0. The van der Waals surface area contributed by atoms with Crippen LogP contribution in [0.25, 0.3) is 21.0 Å². The smallest absolute Gasteiger partial charge is 0.207 e. The van der Waals surface area contributed by atoms with Crippen LogP contribution in [0.1, 0.15) is 22.3 Å². The predicted octanol–water partition coefficient (Wildman–Crippen LogP) is 7.11. The van der Waals surface area contributed by atoms with E-state index in [9.17, 15) is 8.42 Å². The Morgan fingerprint density at radius 2 is 0.636 bits per heavy atom. The Hall–Kier alpha value is -3.95. The van der Waals surface area contributed by atoms with E-state index < -0.39 is 9.84 Å². The molecule has 2 nitrogen and oxygen atoms in total. The minimum absolute atomic E-state index is 0.294. The standard InChI is InChI=1S/C30H22O2S/c31-33(32)29(25-17-9-3-10-18-25)21-27(23-13-5-1-6-14-23)28(24-15-7-2-8-16-24)22-30(33)26-19-11-4-12-20-26/h1-22H. The van der Waals surface area contributed by atoms with Crippen molar-refractivity contribution in [1.29, 1.82) is 0 Å². The molecule has 0 fully saturated rings. The maximum atomic E-state index is 14.1. The molecular formula is C30H22O2S. The predicted molar refractivity (Wildman–Crippen MR) is 137 cm³/mol. The average Bonchev–Trinajstić information content (AvgIpc) is 3.00. The summed E-state index contributed by atoms with van der Waals surface area (Å²) in [5.74, 6) is 0. The molecule has 0 radical (unpaired) electrons. The zero-order valence-electron chi connectivity index (χ0n) is 17.9. The molecule has 0 aliphatic carbocycles. The molecule has 33 heavy (non-hydrogen) atoms. The molecule has 0 atom stereocenters. The Morgan fingerprint density at radius 3 is 0.939 bits per heavy atom. The van der Waals surface area contributed by atoms with Crippen LogP contribution >= 0.6 is 0 Å². The van der Waals surface area contributed by atoms with Gasteiger partial charge in [-0.3, -0.25) is 0 Å². The van der Waals surface area contributed by atoms with Crippen molar-refractivity contribution in [3.63, 3.8) is 0 Å². The van der Waals surface area contributed by atoms with E-state index in [1.54, 1.807) is 0 Å². The van der Waals surface area contributed by atoms with Gasteiger partial charge in [0, 0.05) is 0 Å². The van der Waals surface area contributed by atoms with Crippen molar-refractivity contribution in [1.82, 2.24) is 0 Å². The zero-order valence-corrected chi connectivity index (χ0v) is 18.7. The fourth-order valence-electron chi connectivity index (χ4n) is 4.09. The van der Waals surface area contributed by atoms with Gasteiger partial charge in [-0.05, 0) is 45.6 Å². The van der Waals surface area contributed by atoms with Gasteiger partial charge in [-0.2, -0.15) is 0 Å². The first-order chi connectivity index (χ1) is 16.1. The van der Waals surface area contributed by atoms with Crippen molar-refractivity contribution < 1.29 is 8.42 Å². The van der Waals surface area contributed by atoms with Crippen LogP contribution in [0.2, 0.25) is 0 Å². The molecule has 1 heterocycles. The average molecular weight is 447 g/mol. The van der Waals surface area contributed by atoms with E-state index in [0.717, 1.165) is 22.3 Å². The van der Waals surface area contributed by atoms with Crippen LogP contribution in [0.15, 0.2) is 133 Å². The van der Waals surface area contributed by atoms with E-state index in [-0.39, 0.29) is 0 Å². The van der Waals surface area contributed by atoms with Crippen molar-refractivity contribution >= 4 is 30.8 Å². The van der Waals surface area contributed by atoms with Crippen LogP contribution in [0.4, 0.5) is 0 Å². The number of allylic oxidation sites excluding steroid dienone is 4. The van der Waals surface area contributed by atoms with E-state index in [1.165, 1.54) is 0 Å². The molecule has 0 N–H and O–H groups in total. The number of benzene rings is 4. The Balaban J connectivity index is 1.91. The highest BCUT2D eigenvalue weighted by atomic mass is 32.2. The van der Waals surface area contributed by atoms with Gasteiger partial charge in [-0.15, -0.1) is 0 Å². The van der Waals surface area contributed by atoms with Gasteiger partial charge in [-0.1, -0.05) is 121 Å². The first-order valence-corrected chi connectivity index (χ1v) is 12.3. The molecule has 4 aromatic carbocycles. The second-order valence-corrected chi connectivity index (χ2v) is 9.70. The van der Waals surface area contributed by atoms with Gasteiger partial charge in [0.1, 0.15) is 0 Å². The van der Waals surface area contributed by atoms with Crippen LogP contribution in [0.3, 0.4) is 0 Å². The highest BCUT2D eigenvalue weighted by molar-refractivity contribution is 8.09. The first-order valence-electron chi connectivity index (χ1n) is 10.8. The summed E-state index contributed by atoms with van der Waals surface area (Å²) in [5.41, 5.74) is 5.01. The quantitative estimate of drug-likeness (QED) is 0.335. The van der Waals surface area contributed by atoms with Crippen LogP contribution in [0, 0.1) is 0 Å². The molecule has 1 aliphatic heterocycles. The van der Waals surface area contributed by atoms with Crippen LogP contribution in [-0.2, 0) is 9.84 Å². The fraction of sp³-hybridized carbons (Fsp3) is 0. The lowest BCUT2D eigenvalue weighted by atomic mass is 9.93. The highest BCUT2D eigenvalue weighted by Crippen LogP contribution is 2.42. The van der Waals surface area contributed by atoms with E-state index in [2.05, 4.69) is 0 Å². The van der Waals surface area contributed by atoms with E-state index in [4.69, 9.17) is 0 Å². The van der Waals surface area contributed by atoms with E-state index in [1.807, 2.05) is 133 Å². The van der Waals surface area contributed by atoms with Gasteiger partial charge in [0.05, 0.1) is 9.81 Å². The van der Waals surface area contributed by atoms with Crippen LogP contribution in [-0.4, -0.2) is 8.42 Å². The number of hydrogen-bond acceptors (Lipinski definition) is 2. The molecule has 0 unspecified atom stereocenters. The summed E-state index contributed by atoms with van der Waals surface area (Å²) in [4.78, 5) is 0.589. The molecule has 0 bridgehead atoms. The van der Waals surface area contributed by atoms with Gasteiger partial charge in [0.15, 0.2) is 0 Å². The Morgan fingerprint density at radius 1 is 0.364 bits per heavy atom. The lowest BCUT2D eigenvalue weighted by Gasteiger charge is -2.12. The van der Waals surface area contributed by atoms with E-state index in [0.29, 0.717) is 20.9 Å². The molecule has 5 rings (SSSR count). The molecule has 0 aromatic heterocycles. The molecule has 0 saturated carbocycles. The number of hydrogen-bond donors (Lipinski definition) is 0. The maximum absolute atomic E-state index is 14.1. The SMILES string of the molecule is O=S1(=O)C(c2ccccc2)=CC(c2ccccc2)=C(c2ccccc2)C=C1c1ccccc1. The summed E-state index contributed by atoms with van der Waals surface area (Å²) < 4.78 is 28.2. The highest BCUT2D eigenvalue weighted by Gasteiger charge is 2.30. The topological polar surface area (TPSA) is 34.1 Å². The molecule has 0 spiro atoms. The summed E-state index contributed by atoms with van der Waals surface area (Å²) in [6, 6.07) is 38.6. The Labute approximate surface area is 194 Å². The fourth-order valence-corrected chi connectivity index (χ4v) is 5.76. The normalized spacial score (nSPS) is 15.4. The molecule has 3 heteroatoms. The largest absolute Gasteiger partial charge is 0.218 e. The van der Waals surface area contributed by atoms with Crippen molar-refractivity contribution in [2.45, 2.75) is 0 Å². The van der Waals surface area contributed by atoms with Crippen molar-refractivity contribution in [2.24, 2.45) is 0 Å². The number of rotatable bonds is 4. The molecule has 1 aliphatic rings. The van der Waals surface area contributed by atoms with Crippen molar-refractivity contribution in [2.75, 3.05) is 0 Å². The monoisotopic (exact) mass is 446 g/mol. The second kappa shape index (κ2) is 8.89. The van der Waals surface area contributed by atoms with Gasteiger partial charge in [0.2, 0.25) is 9.84 Å². The van der Waals surface area contributed by atoms with Gasteiger partial charge >= 0.3 is 0 Å². The van der Waals surface area contributed by atoms with Crippen LogP contribution < -0.4 is 0 Å². The minimum atomic E-state index is -3.81. The van der Waals surface area contributed by atoms with Gasteiger partial charge < -0.3 is 0 Å². The summed E-state index contributed by atoms with van der Waals surface area (Å²) in [6.07, 6.45) is 3.66. The lowest BCUT2D eigenvalue weighted by Crippen LogP contribution is -2.06. The zero-order chi connectivity index (χ0) is 22.7. The van der Waals surface area contributed by atoms with Crippen LogP contribution in [0.5, 0.6) is 0 Å². The Kier molecular flexibility index (Phi) is 5.64. The number of sulfone groups is 1. The van der Waals surface area contributed by atoms with Crippen molar-refractivity contribution in [3.05, 3.63) is 156 Å².